The van der Waals surface area contributed by atoms with E-state index >= 15 is 0 Å². The molecular weight excluding hydrogens is 318 g/mol. The lowest BCUT2D eigenvalue weighted by Crippen LogP contribution is -2.35. The molecule has 1 atom stereocenters. The molecule has 1 unspecified atom stereocenters. The molecular formula is C20H21NO4. The SMILES string of the molecule is Oc1cc2c(cc1C1(O)CN(CCC3CC3)c3ccccc31)OCO2. The lowest BCUT2D eigenvalue weighted by Gasteiger charge is -2.26. The van der Waals surface area contributed by atoms with Gasteiger partial charge in [0.1, 0.15) is 11.4 Å². The molecule has 1 fully saturated rings. The summed E-state index contributed by atoms with van der Waals surface area (Å²) < 4.78 is 10.8. The third-order valence-electron chi connectivity index (χ3n) is 5.55. The number of ether oxygens (including phenoxy) is 2. The number of phenolic OH excluding ortho intramolecular Hbond substituents is 1. The number of phenols is 1. The third kappa shape index (κ3) is 2.34. The summed E-state index contributed by atoms with van der Waals surface area (Å²) in [5.41, 5.74) is 1.09. The quantitative estimate of drug-likeness (QED) is 0.897. The van der Waals surface area contributed by atoms with Crippen molar-refractivity contribution >= 4 is 5.69 Å². The topological polar surface area (TPSA) is 62.2 Å². The van der Waals surface area contributed by atoms with E-state index in [-0.39, 0.29) is 12.5 Å². The largest absolute Gasteiger partial charge is 0.507 e. The number of para-hydroxylation sites is 1. The Morgan fingerprint density at radius 3 is 2.64 bits per heavy atom. The molecule has 0 bridgehead atoms. The van der Waals surface area contributed by atoms with Crippen LogP contribution in [0.2, 0.25) is 0 Å². The summed E-state index contributed by atoms with van der Waals surface area (Å²) >= 11 is 0. The molecule has 0 aromatic heterocycles. The monoisotopic (exact) mass is 339 g/mol. The van der Waals surface area contributed by atoms with E-state index < -0.39 is 5.60 Å². The molecule has 0 amide bonds. The highest BCUT2D eigenvalue weighted by Crippen LogP contribution is 2.49. The average molecular weight is 339 g/mol. The molecule has 130 valence electrons. The van der Waals surface area contributed by atoms with Gasteiger partial charge in [0.25, 0.3) is 0 Å². The summed E-state index contributed by atoms with van der Waals surface area (Å²) in [6.07, 6.45) is 3.79. The van der Waals surface area contributed by atoms with Crippen LogP contribution in [0.1, 0.15) is 30.4 Å². The van der Waals surface area contributed by atoms with Crippen molar-refractivity contribution in [3.8, 4) is 17.2 Å². The molecule has 3 aliphatic rings. The van der Waals surface area contributed by atoms with Gasteiger partial charge < -0.3 is 24.6 Å². The van der Waals surface area contributed by atoms with Gasteiger partial charge in [0, 0.05) is 29.4 Å². The number of hydrogen-bond acceptors (Lipinski definition) is 5. The Morgan fingerprint density at radius 2 is 1.84 bits per heavy atom. The van der Waals surface area contributed by atoms with Gasteiger partial charge >= 0.3 is 0 Å². The van der Waals surface area contributed by atoms with Crippen molar-refractivity contribution in [1.82, 2.24) is 0 Å². The fraction of sp³-hybridized carbons (Fsp3) is 0.400. The molecule has 2 heterocycles. The van der Waals surface area contributed by atoms with Gasteiger partial charge in [-0.3, -0.25) is 0 Å². The molecule has 0 spiro atoms. The minimum Gasteiger partial charge on any atom is -0.507 e. The van der Waals surface area contributed by atoms with Crippen LogP contribution in [0.15, 0.2) is 36.4 Å². The van der Waals surface area contributed by atoms with Crippen LogP contribution in [0.5, 0.6) is 17.2 Å². The first-order chi connectivity index (χ1) is 12.1. The molecule has 25 heavy (non-hydrogen) atoms. The van der Waals surface area contributed by atoms with Crippen molar-refractivity contribution in [2.75, 3.05) is 24.8 Å². The number of nitrogens with zero attached hydrogens (tertiary/aromatic N) is 1. The molecule has 1 saturated carbocycles. The van der Waals surface area contributed by atoms with Gasteiger partial charge in [-0.2, -0.15) is 0 Å². The molecule has 2 aliphatic heterocycles. The number of rotatable bonds is 4. The summed E-state index contributed by atoms with van der Waals surface area (Å²) in [4.78, 5) is 2.23. The van der Waals surface area contributed by atoms with Crippen molar-refractivity contribution in [1.29, 1.82) is 0 Å². The molecule has 0 saturated heterocycles. The van der Waals surface area contributed by atoms with E-state index in [0.29, 0.717) is 23.6 Å². The van der Waals surface area contributed by atoms with Gasteiger partial charge in [0.05, 0.1) is 6.54 Å². The molecule has 0 radical (unpaired) electrons. The Labute approximate surface area is 146 Å². The molecule has 5 rings (SSSR count). The van der Waals surface area contributed by atoms with Crippen molar-refractivity contribution in [3.63, 3.8) is 0 Å². The van der Waals surface area contributed by atoms with Gasteiger partial charge in [-0.15, -0.1) is 0 Å². The maximum absolute atomic E-state index is 11.6. The van der Waals surface area contributed by atoms with Crippen molar-refractivity contribution in [3.05, 3.63) is 47.5 Å². The third-order valence-corrected chi connectivity index (χ3v) is 5.55. The van der Waals surface area contributed by atoms with Crippen LogP contribution in [0, 0.1) is 5.92 Å². The lowest BCUT2D eigenvalue weighted by molar-refractivity contribution is 0.0947. The standard InChI is InChI=1S/C20H21NO4/c22-17-10-19-18(24-12-25-19)9-15(17)20(23)11-21(8-7-13-5-6-13)16-4-2-1-3-14(16)20/h1-4,9-10,13,22-23H,5-8,11-12H2. The van der Waals surface area contributed by atoms with Gasteiger partial charge in [-0.05, 0) is 24.5 Å². The summed E-state index contributed by atoms with van der Waals surface area (Å²) in [7, 11) is 0. The first-order valence-corrected chi connectivity index (χ1v) is 8.85. The summed E-state index contributed by atoms with van der Waals surface area (Å²) in [6, 6.07) is 11.1. The van der Waals surface area contributed by atoms with Crippen LogP contribution in [-0.2, 0) is 5.60 Å². The van der Waals surface area contributed by atoms with E-state index in [1.807, 2.05) is 24.3 Å². The van der Waals surface area contributed by atoms with Crippen LogP contribution in [0.3, 0.4) is 0 Å². The normalized spacial score (nSPS) is 23.8. The minimum atomic E-state index is -1.26. The Morgan fingerprint density at radius 1 is 1.08 bits per heavy atom. The minimum absolute atomic E-state index is 0.0330. The maximum Gasteiger partial charge on any atom is 0.231 e. The number of β-amino-alcohol motifs (C(OH)–C–C–N with tert-alkyl or cyclic N) is 1. The van der Waals surface area contributed by atoms with Gasteiger partial charge in [0.2, 0.25) is 6.79 Å². The maximum atomic E-state index is 11.6. The first kappa shape index (κ1) is 14.9. The van der Waals surface area contributed by atoms with Crippen LogP contribution in [-0.4, -0.2) is 30.1 Å². The molecule has 2 N–H and O–H groups in total. The van der Waals surface area contributed by atoms with Gasteiger partial charge in [-0.1, -0.05) is 31.0 Å². The highest BCUT2D eigenvalue weighted by atomic mass is 16.7. The molecule has 5 nitrogen and oxygen atoms in total. The summed E-state index contributed by atoms with van der Waals surface area (Å²) in [5, 5.41) is 22.1. The highest BCUT2D eigenvalue weighted by molar-refractivity contribution is 5.67. The van der Waals surface area contributed by atoms with Crippen molar-refractivity contribution in [2.45, 2.75) is 24.9 Å². The number of aliphatic hydroxyl groups is 1. The summed E-state index contributed by atoms with van der Waals surface area (Å²) in [6.45, 7) is 1.50. The first-order valence-electron chi connectivity index (χ1n) is 8.85. The van der Waals surface area contributed by atoms with Crippen LogP contribution in [0.25, 0.3) is 0 Å². The predicted octanol–water partition coefficient (Wildman–Crippen LogP) is 2.98. The predicted molar refractivity (Wildman–Crippen MR) is 93.2 cm³/mol. The van der Waals surface area contributed by atoms with E-state index in [4.69, 9.17) is 9.47 Å². The van der Waals surface area contributed by atoms with E-state index in [9.17, 15) is 10.2 Å². The van der Waals surface area contributed by atoms with Crippen molar-refractivity contribution in [2.24, 2.45) is 5.92 Å². The molecule has 2 aromatic rings. The van der Waals surface area contributed by atoms with Gasteiger partial charge in [-0.25, -0.2) is 0 Å². The number of benzene rings is 2. The fourth-order valence-corrected chi connectivity index (χ4v) is 3.98. The smallest absolute Gasteiger partial charge is 0.231 e. The van der Waals surface area contributed by atoms with Crippen LogP contribution < -0.4 is 14.4 Å². The second kappa shape index (κ2) is 5.30. The molecule has 5 heteroatoms. The van der Waals surface area contributed by atoms with Gasteiger partial charge in [0.15, 0.2) is 11.5 Å². The Balaban J connectivity index is 1.56. The second-order valence-electron chi connectivity index (χ2n) is 7.25. The highest BCUT2D eigenvalue weighted by Gasteiger charge is 2.45. The van der Waals surface area contributed by atoms with Crippen LogP contribution >= 0.6 is 0 Å². The van der Waals surface area contributed by atoms with Crippen LogP contribution in [0.4, 0.5) is 5.69 Å². The van der Waals surface area contributed by atoms with E-state index in [0.717, 1.165) is 30.1 Å². The Hall–Kier alpha value is -2.40. The molecule has 2 aromatic carbocycles. The summed E-state index contributed by atoms with van der Waals surface area (Å²) in [5.74, 6) is 1.95. The average Bonchev–Trinajstić information content (AvgIpc) is 3.26. The zero-order valence-corrected chi connectivity index (χ0v) is 13.9. The number of anilines is 1. The number of fused-ring (bicyclic) bond motifs is 2. The number of hydrogen-bond donors (Lipinski definition) is 2. The fourth-order valence-electron chi connectivity index (χ4n) is 3.98. The lowest BCUT2D eigenvalue weighted by atomic mass is 9.87. The second-order valence-corrected chi connectivity index (χ2v) is 7.25. The van der Waals surface area contributed by atoms with E-state index in [1.54, 1.807) is 6.07 Å². The zero-order chi connectivity index (χ0) is 17.0. The number of aromatic hydroxyl groups is 1. The Bertz CT molecular complexity index is 832. The van der Waals surface area contributed by atoms with E-state index in [1.165, 1.54) is 18.9 Å². The Kier molecular flexibility index (Phi) is 3.16. The van der Waals surface area contributed by atoms with Crippen molar-refractivity contribution < 1.29 is 19.7 Å². The molecule has 1 aliphatic carbocycles. The zero-order valence-electron chi connectivity index (χ0n) is 13.9. The van der Waals surface area contributed by atoms with E-state index in [2.05, 4.69) is 4.90 Å².